The third-order valence-electron chi connectivity index (χ3n) is 7.63. The Balaban J connectivity index is 1.54. The highest BCUT2D eigenvalue weighted by Crippen LogP contribution is 2.58. The standard InChI is InChI=1S/C24H33NO4/c1-29-21-6-2-4-18(13-21)14-24(15-19-7-9-20(24)12-19)23(28)25-11-3-5-17(16-25)8-10-22(26)27/h2,4,6,13,17,19-20H,3,5,7-12,14-16H2,1H3,(H,26,27). The summed E-state index contributed by atoms with van der Waals surface area (Å²) in [6.07, 6.45) is 8.30. The number of likely N-dealkylation sites (tertiary alicyclic amines) is 1. The number of carboxylic acid groups (broad SMARTS) is 1. The molecule has 158 valence electrons. The Morgan fingerprint density at radius 3 is 2.83 bits per heavy atom. The molecule has 4 rings (SSSR count). The molecule has 1 saturated heterocycles. The number of methoxy groups -OCH3 is 1. The van der Waals surface area contributed by atoms with E-state index in [9.17, 15) is 9.59 Å². The van der Waals surface area contributed by atoms with E-state index in [0.29, 0.717) is 30.1 Å². The van der Waals surface area contributed by atoms with Crippen LogP contribution < -0.4 is 4.74 Å². The monoisotopic (exact) mass is 399 g/mol. The first kappa shape index (κ1) is 20.2. The largest absolute Gasteiger partial charge is 0.497 e. The molecule has 2 aliphatic carbocycles. The van der Waals surface area contributed by atoms with Crippen LogP contribution in [-0.4, -0.2) is 42.1 Å². The fourth-order valence-corrected chi connectivity index (χ4v) is 6.27. The predicted molar refractivity (Wildman–Crippen MR) is 111 cm³/mol. The van der Waals surface area contributed by atoms with E-state index in [1.54, 1.807) is 7.11 Å². The number of hydrogen-bond acceptors (Lipinski definition) is 3. The summed E-state index contributed by atoms with van der Waals surface area (Å²) in [5, 5.41) is 9.02. The Kier molecular flexibility index (Phi) is 5.84. The third-order valence-corrected chi connectivity index (χ3v) is 7.63. The van der Waals surface area contributed by atoms with Gasteiger partial charge in [0, 0.05) is 19.5 Å². The summed E-state index contributed by atoms with van der Waals surface area (Å²) in [6, 6.07) is 8.17. The summed E-state index contributed by atoms with van der Waals surface area (Å²) in [7, 11) is 1.68. The molecule has 1 aromatic rings. The van der Waals surface area contributed by atoms with Gasteiger partial charge in [-0.05, 0) is 80.4 Å². The first-order valence-corrected chi connectivity index (χ1v) is 11.1. The maximum Gasteiger partial charge on any atom is 0.303 e. The van der Waals surface area contributed by atoms with Crippen LogP contribution in [0.15, 0.2) is 24.3 Å². The molecule has 0 spiro atoms. The molecule has 5 heteroatoms. The minimum Gasteiger partial charge on any atom is -0.497 e. The van der Waals surface area contributed by atoms with Gasteiger partial charge < -0.3 is 14.7 Å². The van der Waals surface area contributed by atoms with Gasteiger partial charge in [-0.25, -0.2) is 0 Å². The predicted octanol–water partition coefficient (Wildman–Crippen LogP) is 4.15. The molecule has 1 amide bonds. The topological polar surface area (TPSA) is 66.8 Å². The summed E-state index contributed by atoms with van der Waals surface area (Å²) in [5.41, 5.74) is 0.897. The number of amides is 1. The molecule has 0 aromatic heterocycles. The number of carboxylic acids is 1. The molecule has 3 fully saturated rings. The Labute approximate surface area is 173 Å². The van der Waals surface area contributed by atoms with Gasteiger partial charge in [0.15, 0.2) is 0 Å². The van der Waals surface area contributed by atoms with Crippen LogP contribution in [0.2, 0.25) is 0 Å². The van der Waals surface area contributed by atoms with Crippen molar-refractivity contribution in [3.05, 3.63) is 29.8 Å². The normalized spacial score (nSPS) is 31.1. The molecule has 4 atom stereocenters. The number of piperidine rings is 1. The second-order valence-corrected chi connectivity index (χ2v) is 9.46. The van der Waals surface area contributed by atoms with Crippen LogP contribution in [0.1, 0.15) is 56.9 Å². The third kappa shape index (κ3) is 4.15. The lowest BCUT2D eigenvalue weighted by Gasteiger charge is -2.43. The highest BCUT2D eigenvalue weighted by molar-refractivity contribution is 5.84. The van der Waals surface area contributed by atoms with Crippen molar-refractivity contribution in [1.29, 1.82) is 0 Å². The van der Waals surface area contributed by atoms with Crippen molar-refractivity contribution in [3.63, 3.8) is 0 Å². The van der Waals surface area contributed by atoms with Gasteiger partial charge in [0.05, 0.1) is 12.5 Å². The Morgan fingerprint density at radius 1 is 1.28 bits per heavy atom. The van der Waals surface area contributed by atoms with Gasteiger partial charge in [0.25, 0.3) is 0 Å². The van der Waals surface area contributed by atoms with Gasteiger partial charge in [-0.2, -0.15) is 0 Å². The minimum atomic E-state index is -0.740. The second-order valence-electron chi connectivity index (χ2n) is 9.46. The zero-order valence-electron chi connectivity index (χ0n) is 17.4. The van der Waals surface area contributed by atoms with Crippen molar-refractivity contribution in [3.8, 4) is 5.75 Å². The second kappa shape index (κ2) is 8.37. The average molecular weight is 400 g/mol. The summed E-state index contributed by atoms with van der Waals surface area (Å²) >= 11 is 0. The summed E-state index contributed by atoms with van der Waals surface area (Å²) in [5.74, 6) is 1.91. The van der Waals surface area contributed by atoms with Crippen molar-refractivity contribution in [2.45, 2.75) is 57.8 Å². The molecule has 2 saturated carbocycles. The molecule has 4 unspecified atom stereocenters. The van der Waals surface area contributed by atoms with Crippen molar-refractivity contribution >= 4 is 11.9 Å². The van der Waals surface area contributed by atoms with Crippen molar-refractivity contribution in [1.82, 2.24) is 4.90 Å². The van der Waals surface area contributed by atoms with Crippen LogP contribution in [0.5, 0.6) is 5.75 Å². The lowest BCUT2D eigenvalue weighted by molar-refractivity contribution is -0.147. The molecule has 1 aliphatic heterocycles. The number of benzene rings is 1. The van der Waals surface area contributed by atoms with Crippen LogP contribution in [0.25, 0.3) is 0 Å². The Morgan fingerprint density at radius 2 is 2.14 bits per heavy atom. The van der Waals surface area contributed by atoms with Gasteiger partial charge in [0.1, 0.15) is 5.75 Å². The van der Waals surface area contributed by atoms with Crippen LogP contribution in [0.3, 0.4) is 0 Å². The number of ether oxygens (including phenoxy) is 1. The number of hydrogen-bond donors (Lipinski definition) is 1. The molecule has 0 radical (unpaired) electrons. The van der Waals surface area contributed by atoms with E-state index in [4.69, 9.17) is 9.84 Å². The maximum absolute atomic E-state index is 13.9. The number of rotatable bonds is 7. The fourth-order valence-electron chi connectivity index (χ4n) is 6.27. The SMILES string of the molecule is COc1cccc(CC2(C(=O)N3CCCC(CCC(=O)O)C3)CC3CCC2C3)c1. The fraction of sp³-hybridized carbons (Fsp3) is 0.667. The van der Waals surface area contributed by atoms with E-state index in [1.165, 1.54) is 18.4 Å². The average Bonchev–Trinajstić information content (AvgIpc) is 3.34. The summed E-state index contributed by atoms with van der Waals surface area (Å²) in [4.78, 5) is 27.0. The zero-order valence-corrected chi connectivity index (χ0v) is 17.4. The smallest absolute Gasteiger partial charge is 0.303 e. The van der Waals surface area contributed by atoms with Crippen molar-refractivity contribution in [2.75, 3.05) is 20.2 Å². The molecule has 29 heavy (non-hydrogen) atoms. The lowest BCUT2D eigenvalue weighted by Crippen LogP contribution is -2.51. The van der Waals surface area contributed by atoms with Crippen LogP contribution in [-0.2, 0) is 16.0 Å². The number of nitrogens with zero attached hydrogens (tertiary/aromatic N) is 1. The molecular weight excluding hydrogens is 366 g/mol. The zero-order chi connectivity index (χ0) is 20.4. The van der Waals surface area contributed by atoms with Gasteiger partial charge in [0.2, 0.25) is 5.91 Å². The van der Waals surface area contributed by atoms with Gasteiger partial charge in [-0.3, -0.25) is 9.59 Å². The Bertz CT molecular complexity index is 763. The van der Waals surface area contributed by atoms with E-state index >= 15 is 0 Å². The minimum absolute atomic E-state index is 0.201. The summed E-state index contributed by atoms with van der Waals surface area (Å²) in [6.45, 7) is 1.54. The highest BCUT2D eigenvalue weighted by atomic mass is 16.5. The van der Waals surface area contributed by atoms with E-state index in [-0.39, 0.29) is 11.8 Å². The van der Waals surface area contributed by atoms with Crippen molar-refractivity contribution in [2.24, 2.45) is 23.2 Å². The Hall–Kier alpha value is -2.04. The summed E-state index contributed by atoms with van der Waals surface area (Å²) < 4.78 is 5.41. The maximum atomic E-state index is 13.9. The first-order chi connectivity index (χ1) is 14.0. The number of fused-ring (bicyclic) bond motifs is 2. The van der Waals surface area contributed by atoms with Gasteiger partial charge in [-0.1, -0.05) is 18.6 Å². The van der Waals surface area contributed by atoms with Crippen molar-refractivity contribution < 1.29 is 19.4 Å². The van der Waals surface area contributed by atoms with E-state index in [0.717, 1.165) is 50.9 Å². The number of carbonyl (C=O) groups excluding carboxylic acids is 1. The van der Waals surface area contributed by atoms with Crippen LogP contribution in [0, 0.1) is 23.2 Å². The van der Waals surface area contributed by atoms with E-state index < -0.39 is 5.97 Å². The van der Waals surface area contributed by atoms with Gasteiger partial charge >= 0.3 is 5.97 Å². The molecule has 1 aromatic carbocycles. The quantitative estimate of drug-likeness (QED) is 0.748. The van der Waals surface area contributed by atoms with E-state index in [1.807, 2.05) is 12.1 Å². The number of carbonyl (C=O) groups is 2. The molecule has 1 heterocycles. The first-order valence-electron chi connectivity index (χ1n) is 11.1. The highest BCUT2D eigenvalue weighted by Gasteiger charge is 2.56. The van der Waals surface area contributed by atoms with Crippen LogP contribution in [0.4, 0.5) is 0 Å². The lowest BCUT2D eigenvalue weighted by atomic mass is 9.68. The van der Waals surface area contributed by atoms with E-state index in [2.05, 4.69) is 17.0 Å². The molecule has 3 aliphatic rings. The van der Waals surface area contributed by atoms with Crippen LogP contribution >= 0.6 is 0 Å². The molecule has 2 bridgehead atoms. The molecule has 1 N–H and O–H groups in total. The molecule has 5 nitrogen and oxygen atoms in total. The van der Waals surface area contributed by atoms with Gasteiger partial charge in [-0.15, -0.1) is 0 Å². The number of aliphatic carboxylic acids is 1. The molecular formula is C24H33NO4.